The van der Waals surface area contributed by atoms with Crippen molar-refractivity contribution in [1.29, 1.82) is 0 Å². The van der Waals surface area contributed by atoms with E-state index in [4.69, 9.17) is 12.6 Å². The highest BCUT2D eigenvalue weighted by Crippen LogP contribution is 2.55. The third-order valence-corrected chi connectivity index (χ3v) is 6.68. The van der Waals surface area contributed by atoms with Crippen LogP contribution in [0.5, 0.6) is 0 Å². The first-order chi connectivity index (χ1) is 6.50. The summed E-state index contributed by atoms with van der Waals surface area (Å²) in [6, 6.07) is -0.716. The second-order valence-corrected chi connectivity index (χ2v) is 7.61. The van der Waals surface area contributed by atoms with Crippen molar-refractivity contribution in [1.82, 2.24) is 0 Å². The van der Waals surface area contributed by atoms with Crippen LogP contribution in [0.2, 0.25) is 0 Å². The Balaban J connectivity index is 2.23. The molecule has 2 fully saturated rings. The van der Waals surface area contributed by atoms with E-state index in [1.807, 2.05) is 0 Å². The first-order valence-electron chi connectivity index (χ1n) is 4.88. The molecular weight excluding hydrogens is 408 g/mol. The summed E-state index contributed by atoms with van der Waals surface area (Å²) in [6.45, 7) is 2.16. The largest absolute Gasteiger partial charge is 0.379 e. The standard InChI is InChI=1S/C9H12BFI2O/c1-2-4-3-9(13)6(11)8(10)14-7(9)5(4)12/h4-8H,2-3H2,1H3/t4-,5+,6-,7+,8+,9-/m0/s1. The second kappa shape index (κ2) is 4.02. The molecule has 1 saturated heterocycles. The normalized spacial score (nSPS) is 57.6. The van der Waals surface area contributed by atoms with Gasteiger partial charge in [-0.25, -0.2) is 4.39 Å². The molecule has 5 heteroatoms. The molecule has 1 aliphatic heterocycles. The number of ether oxygens (including phenoxy) is 1. The topological polar surface area (TPSA) is 9.23 Å². The molecule has 0 aromatic rings. The van der Waals surface area contributed by atoms with Gasteiger partial charge in [0.15, 0.2) is 0 Å². The van der Waals surface area contributed by atoms with Crippen LogP contribution < -0.4 is 0 Å². The Hall–Kier alpha value is 1.41. The summed E-state index contributed by atoms with van der Waals surface area (Å²) in [5, 5.41) is 0. The Kier molecular flexibility index (Phi) is 3.41. The van der Waals surface area contributed by atoms with Crippen LogP contribution in [0.4, 0.5) is 4.39 Å². The Bertz CT molecular complexity index is 243. The van der Waals surface area contributed by atoms with Gasteiger partial charge in [0.25, 0.3) is 0 Å². The van der Waals surface area contributed by atoms with Crippen molar-refractivity contribution in [2.45, 2.75) is 45.4 Å². The molecule has 6 atom stereocenters. The summed E-state index contributed by atoms with van der Waals surface area (Å²) in [6.07, 6.45) is 0.984. The van der Waals surface area contributed by atoms with Crippen molar-refractivity contribution in [2.24, 2.45) is 5.92 Å². The molecule has 78 valence electrons. The zero-order valence-corrected chi connectivity index (χ0v) is 12.2. The van der Waals surface area contributed by atoms with Crippen LogP contribution in [0, 0.1) is 5.92 Å². The maximum atomic E-state index is 13.9. The summed E-state index contributed by atoms with van der Waals surface area (Å²) in [5.41, 5.74) is 0. The molecule has 0 bridgehead atoms. The van der Waals surface area contributed by atoms with E-state index >= 15 is 0 Å². The molecule has 0 unspecified atom stereocenters. The molecule has 1 heterocycles. The minimum absolute atomic E-state index is 0.00125. The zero-order valence-electron chi connectivity index (χ0n) is 7.92. The van der Waals surface area contributed by atoms with Crippen LogP contribution >= 0.6 is 45.2 Å². The fraction of sp³-hybridized carbons (Fsp3) is 1.00. The predicted molar refractivity (Wildman–Crippen MR) is 72.3 cm³/mol. The van der Waals surface area contributed by atoms with E-state index in [2.05, 4.69) is 52.1 Å². The average molecular weight is 420 g/mol. The van der Waals surface area contributed by atoms with E-state index in [1.54, 1.807) is 0 Å². The highest BCUT2D eigenvalue weighted by Gasteiger charge is 2.62. The molecule has 0 amide bonds. The van der Waals surface area contributed by atoms with E-state index in [0.29, 0.717) is 9.84 Å². The number of halogens is 3. The molecule has 1 nitrogen and oxygen atoms in total. The Morgan fingerprint density at radius 1 is 1.64 bits per heavy atom. The average Bonchev–Trinajstić information content (AvgIpc) is 2.52. The first kappa shape index (κ1) is 11.9. The molecule has 1 saturated carbocycles. The second-order valence-electron chi connectivity index (χ2n) is 4.17. The van der Waals surface area contributed by atoms with Crippen molar-refractivity contribution in [3.63, 3.8) is 0 Å². The van der Waals surface area contributed by atoms with Crippen LogP contribution in [-0.2, 0) is 4.74 Å². The van der Waals surface area contributed by atoms with Gasteiger partial charge < -0.3 is 4.74 Å². The van der Waals surface area contributed by atoms with Crippen molar-refractivity contribution >= 4 is 53.0 Å². The van der Waals surface area contributed by atoms with E-state index in [9.17, 15) is 4.39 Å². The molecule has 2 rings (SSSR count). The maximum Gasteiger partial charge on any atom is 0.135 e. The molecule has 2 aliphatic rings. The minimum Gasteiger partial charge on any atom is -0.379 e. The molecule has 0 spiro atoms. The SMILES string of the molecule is [B][C@@H]1O[C@@H]2[C@H](I)[C@@H](CC)C[C@]2(I)[C@H]1F. The highest BCUT2D eigenvalue weighted by molar-refractivity contribution is 14.1. The lowest BCUT2D eigenvalue weighted by molar-refractivity contribution is 0.0770. The van der Waals surface area contributed by atoms with Crippen LogP contribution in [0.3, 0.4) is 0 Å². The highest BCUT2D eigenvalue weighted by atomic mass is 127. The molecule has 0 aromatic carbocycles. The molecule has 1 aliphatic carbocycles. The summed E-state index contributed by atoms with van der Waals surface area (Å²) in [7, 11) is 5.60. The van der Waals surface area contributed by atoms with Gasteiger partial charge in [-0.3, -0.25) is 0 Å². The van der Waals surface area contributed by atoms with Gasteiger partial charge >= 0.3 is 0 Å². The number of fused-ring (bicyclic) bond motifs is 1. The first-order valence-corrected chi connectivity index (χ1v) is 7.21. The minimum atomic E-state index is -1.01. The molecule has 0 N–H and O–H groups in total. The van der Waals surface area contributed by atoms with Gasteiger partial charge in [0.1, 0.15) is 14.0 Å². The molecule has 14 heavy (non-hydrogen) atoms. The predicted octanol–water partition coefficient (Wildman–Crippen LogP) is 2.63. The van der Waals surface area contributed by atoms with E-state index in [0.717, 1.165) is 12.8 Å². The lowest BCUT2D eigenvalue weighted by atomic mass is 9.88. The number of hydrogen-bond acceptors (Lipinski definition) is 1. The maximum absolute atomic E-state index is 13.9. The summed E-state index contributed by atoms with van der Waals surface area (Å²) >= 11 is 4.62. The Labute approximate surface area is 113 Å². The monoisotopic (exact) mass is 420 g/mol. The van der Waals surface area contributed by atoms with E-state index in [1.165, 1.54) is 0 Å². The quantitative estimate of drug-likeness (QED) is 0.361. The van der Waals surface area contributed by atoms with Gasteiger partial charge in [-0.05, 0) is 12.3 Å². The number of hydrogen-bond donors (Lipinski definition) is 0. The molecule has 2 radical (unpaired) electrons. The van der Waals surface area contributed by atoms with Crippen LogP contribution in [-0.4, -0.2) is 33.5 Å². The van der Waals surface area contributed by atoms with E-state index in [-0.39, 0.29) is 9.53 Å². The van der Waals surface area contributed by atoms with Crippen molar-refractivity contribution < 1.29 is 9.13 Å². The number of rotatable bonds is 1. The van der Waals surface area contributed by atoms with Crippen molar-refractivity contribution in [2.75, 3.05) is 0 Å². The number of alkyl halides is 3. The van der Waals surface area contributed by atoms with Gasteiger partial charge in [0.05, 0.1) is 9.53 Å². The molecule has 0 aromatic heterocycles. The van der Waals surface area contributed by atoms with Gasteiger partial charge in [-0.15, -0.1) is 0 Å². The van der Waals surface area contributed by atoms with Crippen LogP contribution in [0.25, 0.3) is 0 Å². The lowest BCUT2D eigenvalue weighted by Gasteiger charge is -2.22. The van der Waals surface area contributed by atoms with Crippen molar-refractivity contribution in [3.05, 3.63) is 0 Å². The molecular formula is C9H12BFI2O. The summed E-state index contributed by atoms with van der Waals surface area (Å²) in [5.74, 6) is 0.572. The third kappa shape index (κ3) is 1.56. The fourth-order valence-electron chi connectivity index (χ4n) is 2.48. The Morgan fingerprint density at radius 2 is 2.29 bits per heavy atom. The van der Waals surface area contributed by atoms with Crippen LogP contribution in [0.1, 0.15) is 19.8 Å². The lowest BCUT2D eigenvalue weighted by Crippen LogP contribution is -2.37. The smallest absolute Gasteiger partial charge is 0.135 e. The van der Waals surface area contributed by atoms with Gasteiger partial charge in [0.2, 0.25) is 0 Å². The van der Waals surface area contributed by atoms with Crippen molar-refractivity contribution in [3.8, 4) is 0 Å². The van der Waals surface area contributed by atoms with E-state index < -0.39 is 12.2 Å². The summed E-state index contributed by atoms with van der Waals surface area (Å²) < 4.78 is 19.4. The third-order valence-electron chi connectivity index (χ3n) is 3.36. The van der Waals surface area contributed by atoms with Gasteiger partial charge in [-0.1, -0.05) is 58.5 Å². The van der Waals surface area contributed by atoms with Crippen LogP contribution in [0.15, 0.2) is 0 Å². The fourth-order valence-corrected chi connectivity index (χ4v) is 6.20. The summed E-state index contributed by atoms with van der Waals surface area (Å²) in [4.78, 5) is 0. The van der Waals surface area contributed by atoms with Gasteiger partial charge in [0, 0.05) is 9.93 Å². The zero-order chi connectivity index (χ0) is 10.5. The Morgan fingerprint density at radius 3 is 2.79 bits per heavy atom. The van der Waals surface area contributed by atoms with Gasteiger partial charge in [-0.2, -0.15) is 0 Å².